The lowest BCUT2D eigenvalue weighted by atomic mass is 9.96. The zero-order chi connectivity index (χ0) is 11.8. The largest absolute Gasteiger partial charge is 0.465 e. The summed E-state index contributed by atoms with van der Waals surface area (Å²) in [7, 11) is 0. The fourth-order valence-corrected chi connectivity index (χ4v) is 2.20. The van der Waals surface area contributed by atoms with E-state index in [1.165, 1.54) is 6.42 Å². The summed E-state index contributed by atoms with van der Waals surface area (Å²) in [5.74, 6) is 0.970. The maximum Gasteiger partial charge on any atom is 0.306 e. The number of ether oxygens (including phenoxy) is 1. The van der Waals surface area contributed by atoms with Gasteiger partial charge in [0.1, 0.15) is 0 Å². The molecule has 0 aromatic carbocycles. The molecule has 0 radical (unpaired) electrons. The fraction of sp³-hybridized carbons (Fsp3) is 0.923. The Kier molecular flexibility index (Phi) is 6.46. The minimum absolute atomic E-state index is 0.0170. The molecule has 0 amide bonds. The molecule has 0 spiro atoms. The van der Waals surface area contributed by atoms with E-state index in [9.17, 15) is 4.79 Å². The molecule has 16 heavy (non-hydrogen) atoms. The second-order valence-corrected chi connectivity index (χ2v) is 4.99. The Morgan fingerprint density at radius 1 is 1.56 bits per heavy atom. The first-order chi connectivity index (χ1) is 7.72. The molecule has 94 valence electrons. The lowest BCUT2D eigenvalue weighted by molar-refractivity contribution is -0.146. The lowest BCUT2D eigenvalue weighted by Gasteiger charge is -2.22. The normalized spacial score (nSPS) is 22.8. The number of carbonyl (C=O) groups excluding carboxylic acids is 1. The van der Waals surface area contributed by atoms with Crippen molar-refractivity contribution < 1.29 is 9.53 Å². The molecular formula is C13H25NO2. The first-order valence-corrected chi connectivity index (χ1v) is 6.58. The molecular weight excluding hydrogens is 202 g/mol. The van der Waals surface area contributed by atoms with Crippen LogP contribution in [0, 0.1) is 11.8 Å². The number of piperidine rings is 1. The Labute approximate surface area is 98.9 Å². The van der Waals surface area contributed by atoms with Gasteiger partial charge in [0.05, 0.1) is 6.61 Å². The summed E-state index contributed by atoms with van der Waals surface area (Å²) in [5, 5.41) is 3.32. The summed E-state index contributed by atoms with van der Waals surface area (Å²) >= 11 is 0. The zero-order valence-electron chi connectivity index (χ0n) is 10.6. The van der Waals surface area contributed by atoms with Crippen molar-refractivity contribution in [3.63, 3.8) is 0 Å². The minimum atomic E-state index is -0.0170. The van der Waals surface area contributed by atoms with Gasteiger partial charge in [-0.15, -0.1) is 0 Å². The van der Waals surface area contributed by atoms with Crippen molar-refractivity contribution >= 4 is 5.97 Å². The number of hydrogen-bond donors (Lipinski definition) is 1. The second kappa shape index (κ2) is 7.66. The highest BCUT2D eigenvalue weighted by Crippen LogP contribution is 2.15. The van der Waals surface area contributed by atoms with Crippen LogP contribution in [0.2, 0.25) is 0 Å². The standard InChI is InChI=1S/C13H25NO2/c1-3-5-11(2)10-16-13(15)8-12-6-4-7-14-9-12/h11-12,14H,3-10H2,1-2H3. The van der Waals surface area contributed by atoms with Gasteiger partial charge in [0, 0.05) is 6.42 Å². The Morgan fingerprint density at radius 3 is 3.00 bits per heavy atom. The van der Waals surface area contributed by atoms with Crippen LogP contribution in [-0.4, -0.2) is 25.7 Å². The van der Waals surface area contributed by atoms with Gasteiger partial charge in [-0.2, -0.15) is 0 Å². The van der Waals surface area contributed by atoms with Gasteiger partial charge in [0.15, 0.2) is 0 Å². The summed E-state index contributed by atoms with van der Waals surface area (Å²) < 4.78 is 5.29. The molecule has 0 saturated carbocycles. The summed E-state index contributed by atoms with van der Waals surface area (Å²) in [4.78, 5) is 11.6. The Morgan fingerprint density at radius 2 is 2.38 bits per heavy atom. The molecule has 1 saturated heterocycles. The molecule has 2 unspecified atom stereocenters. The Balaban J connectivity index is 2.10. The van der Waals surface area contributed by atoms with E-state index >= 15 is 0 Å². The van der Waals surface area contributed by atoms with Crippen molar-refractivity contribution in [2.45, 2.75) is 46.0 Å². The van der Waals surface area contributed by atoms with Gasteiger partial charge >= 0.3 is 5.97 Å². The van der Waals surface area contributed by atoms with E-state index in [0.29, 0.717) is 24.9 Å². The third-order valence-corrected chi connectivity index (χ3v) is 3.16. The second-order valence-electron chi connectivity index (χ2n) is 4.99. The first kappa shape index (κ1) is 13.5. The molecule has 1 fully saturated rings. The molecule has 1 aliphatic heterocycles. The lowest BCUT2D eigenvalue weighted by Crippen LogP contribution is -2.31. The van der Waals surface area contributed by atoms with Crippen LogP contribution in [0.5, 0.6) is 0 Å². The number of hydrogen-bond acceptors (Lipinski definition) is 3. The number of esters is 1. The van der Waals surface area contributed by atoms with Gasteiger partial charge in [-0.3, -0.25) is 4.79 Å². The summed E-state index contributed by atoms with van der Waals surface area (Å²) in [6.07, 6.45) is 5.23. The molecule has 3 nitrogen and oxygen atoms in total. The molecule has 2 atom stereocenters. The zero-order valence-corrected chi connectivity index (χ0v) is 10.6. The summed E-state index contributed by atoms with van der Waals surface area (Å²) in [5.41, 5.74) is 0. The van der Waals surface area contributed by atoms with Crippen LogP contribution in [0.4, 0.5) is 0 Å². The van der Waals surface area contributed by atoms with Crippen LogP contribution >= 0.6 is 0 Å². The van der Waals surface area contributed by atoms with E-state index in [0.717, 1.165) is 32.4 Å². The summed E-state index contributed by atoms with van der Waals surface area (Å²) in [6.45, 7) is 6.95. The third kappa shape index (κ3) is 5.50. The van der Waals surface area contributed by atoms with Crippen molar-refractivity contribution in [2.24, 2.45) is 11.8 Å². The molecule has 1 aliphatic rings. The first-order valence-electron chi connectivity index (χ1n) is 6.58. The van der Waals surface area contributed by atoms with Crippen LogP contribution in [0.3, 0.4) is 0 Å². The Bertz CT molecular complexity index is 200. The van der Waals surface area contributed by atoms with Gasteiger partial charge in [-0.1, -0.05) is 20.3 Å². The molecule has 1 N–H and O–H groups in total. The minimum Gasteiger partial charge on any atom is -0.465 e. The van der Waals surface area contributed by atoms with Crippen molar-refractivity contribution in [2.75, 3.05) is 19.7 Å². The number of nitrogens with one attached hydrogen (secondary N) is 1. The van der Waals surface area contributed by atoms with Crippen molar-refractivity contribution in [3.8, 4) is 0 Å². The summed E-state index contributed by atoms with van der Waals surface area (Å²) in [6, 6.07) is 0. The van der Waals surface area contributed by atoms with Crippen molar-refractivity contribution in [1.82, 2.24) is 5.32 Å². The topological polar surface area (TPSA) is 38.3 Å². The third-order valence-electron chi connectivity index (χ3n) is 3.16. The SMILES string of the molecule is CCCC(C)COC(=O)CC1CCCNC1. The van der Waals surface area contributed by atoms with Gasteiger partial charge in [0.25, 0.3) is 0 Å². The molecule has 0 bridgehead atoms. The predicted molar refractivity (Wildman–Crippen MR) is 65.2 cm³/mol. The Hall–Kier alpha value is -0.570. The maximum absolute atomic E-state index is 11.6. The van der Waals surface area contributed by atoms with Crippen LogP contribution in [0.25, 0.3) is 0 Å². The van der Waals surface area contributed by atoms with E-state index in [-0.39, 0.29) is 5.97 Å². The molecule has 1 heterocycles. The highest BCUT2D eigenvalue weighted by Gasteiger charge is 2.17. The maximum atomic E-state index is 11.6. The van der Waals surface area contributed by atoms with E-state index < -0.39 is 0 Å². The molecule has 0 aliphatic carbocycles. The van der Waals surface area contributed by atoms with E-state index in [4.69, 9.17) is 4.74 Å². The van der Waals surface area contributed by atoms with Gasteiger partial charge in [-0.05, 0) is 44.2 Å². The highest BCUT2D eigenvalue weighted by molar-refractivity contribution is 5.69. The molecule has 3 heteroatoms. The van der Waals surface area contributed by atoms with Crippen LogP contribution in [-0.2, 0) is 9.53 Å². The van der Waals surface area contributed by atoms with Crippen LogP contribution < -0.4 is 5.32 Å². The quantitative estimate of drug-likeness (QED) is 0.708. The van der Waals surface area contributed by atoms with Crippen LogP contribution in [0.1, 0.15) is 46.0 Å². The fourth-order valence-electron chi connectivity index (χ4n) is 2.20. The van der Waals surface area contributed by atoms with Gasteiger partial charge in [0.2, 0.25) is 0 Å². The van der Waals surface area contributed by atoms with E-state index in [1.54, 1.807) is 0 Å². The average Bonchev–Trinajstić information content (AvgIpc) is 2.28. The average molecular weight is 227 g/mol. The van der Waals surface area contributed by atoms with E-state index in [1.807, 2.05) is 0 Å². The van der Waals surface area contributed by atoms with E-state index in [2.05, 4.69) is 19.2 Å². The highest BCUT2D eigenvalue weighted by atomic mass is 16.5. The molecule has 0 aromatic rings. The monoisotopic (exact) mass is 227 g/mol. The number of carbonyl (C=O) groups is 1. The van der Waals surface area contributed by atoms with Gasteiger partial charge in [-0.25, -0.2) is 0 Å². The predicted octanol–water partition coefficient (Wildman–Crippen LogP) is 2.36. The van der Waals surface area contributed by atoms with Crippen molar-refractivity contribution in [1.29, 1.82) is 0 Å². The molecule has 1 rings (SSSR count). The number of rotatable bonds is 6. The molecule has 0 aromatic heterocycles. The van der Waals surface area contributed by atoms with Crippen molar-refractivity contribution in [3.05, 3.63) is 0 Å². The van der Waals surface area contributed by atoms with Crippen LogP contribution in [0.15, 0.2) is 0 Å². The smallest absolute Gasteiger partial charge is 0.306 e. The van der Waals surface area contributed by atoms with Gasteiger partial charge < -0.3 is 10.1 Å².